The summed E-state index contributed by atoms with van der Waals surface area (Å²) in [6.07, 6.45) is 1.47. The lowest BCUT2D eigenvalue weighted by atomic mass is 10.2. The van der Waals surface area contributed by atoms with Crippen molar-refractivity contribution in [1.29, 1.82) is 0 Å². The van der Waals surface area contributed by atoms with Crippen LogP contribution in [0.1, 0.15) is 5.76 Å². The van der Waals surface area contributed by atoms with Gasteiger partial charge in [0, 0.05) is 5.56 Å². The Balaban J connectivity index is 2.34. The largest absolute Gasteiger partial charge is 0.508 e. The first-order chi connectivity index (χ1) is 6.79. The number of phenols is 1. The molecule has 4 heteroatoms. The molecule has 0 unspecified atom stereocenters. The number of hydrogen-bond donors (Lipinski definition) is 2. The monoisotopic (exact) mass is 191 g/mol. The maximum atomic E-state index is 9.06. The van der Waals surface area contributed by atoms with Crippen molar-refractivity contribution in [1.82, 2.24) is 4.98 Å². The minimum Gasteiger partial charge on any atom is -0.508 e. The Morgan fingerprint density at radius 3 is 2.50 bits per heavy atom. The van der Waals surface area contributed by atoms with Gasteiger partial charge in [-0.15, -0.1) is 0 Å². The predicted molar refractivity (Wildman–Crippen MR) is 49.5 cm³/mol. The van der Waals surface area contributed by atoms with E-state index in [2.05, 4.69) is 4.98 Å². The number of benzene rings is 1. The SMILES string of the molecule is OCc1cnc(-c2ccc(O)cc2)o1. The molecule has 0 radical (unpaired) electrons. The molecule has 0 bridgehead atoms. The Bertz CT molecular complexity index is 419. The molecule has 0 spiro atoms. The first-order valence-corrected chi connectivity index (χ1v) is 4.14. The Morgan fingerprint density at radius 1 is 1.21 bits per heavy atom. The molecule has 1 aromatic carbocycles. The topological polar surface area (TPSA) is 66.5 Å². The maximum Gasteiger partial charge on any atom is 0.226 e. The fourth-order valence-corrected chi connectivity index (χ4v) is 1.12. The van der Waals surface area contributed by atoms with E-state index in [1.807, 2.05) is 0 Å². The second-order valence-electron chi connectivity index (χ2n) is 2.84. The second kappa shape index (κ2) is 3.51. The van der Waals surface area contributed by atoms with Gasteiger partial charge in [-0.05, 0) is 24.3 Å². The number of hydrogen-bond acceptors (Lipinski definition) is 4. The number of aromatic hydroxyl groups is 1. The minimum absolute atomic E-state index is 0.162. The van der Waals surface area contributed by atoms with Crippen LogP contribution in [0.5, 0.6) is 5.75 Å². The van der Waals surface area contributed by atoms with E-state index in [0.29, 0.717) is 11.7 Å². The van der Waals surface area contributed by atoms with Crippen molar-refractivity contribution in [2.24, 2.45) is 0 Å². The zero-order chi connectivity index (χ0) is 9.97. The van der Waals surface area contributed by atoms with E-state index in [1.54, 1.807) is 24.3 Å². The number of aliphatic hydroxyl groups is 1. The maximum absolute atomic E-state index is 9.06. The normalized spacial score (nSPS) is 10.4. The van der Waals surface area contributed by atoms with Gasteiger partial charge in [0.25, 0.3) is 0 Å². The van der Waals surface area contributed by atoms with E-state index < -0.39 is 0 Å². The molecule has 1 heterocycles. The van der Waals surface area contributed by atoms with Crippen LogP contribution in [0.4, 0.5) is 0 Å². The summed E-state index contributed by atoms with van der Waals surface area (Å²) in [5.74, 6) is 1.06. The Kier molecular flexibility index (Phi) is 2.20. The van der Waals surface area contributed by atoms with E-state index in [0.717, 1.165) is 5.56 Å². The summed E-state index contributed by atoms with van der Waals surface area (Å²) >= 11 is 0. The van der Waals surface area contributed by atoms with Crippen LogP contribution in [0.25, 0.3) is 11.5 Å². The average molecular weight is 191 g/mol. The van der Waals surface area contributed by atoms with Crippen molar-refractivity contribution in [3.63, 3.8) is 0 Å². The molecule has 0 atom stereocenters. The van der Waals surface area contributed by atoms with Crippen molar-refractivity contribution < 1.29 is 14.6 Å². The van der Waals surface area contributed by atoms with Crippen molar-refractivity contribution in [2.75, 3.05) is 0 Å². The molecule has 0 fully saturated rings. The van der Waals surface area contributed by atoms with Gasteiger partial charge in [0.2, 0.25) is 5.89 Å². The first kappa shape index (κ1) is 8.77. The Morgan fingerprint density at radius 2 is 1.93 bits per heavy atom. The number of nitrogens with zero attached hydrogens (tertiary/aromatic N) is 1. The van der Waals surface area contributed by atoms with E-state index in [9.17, 15) is 0 Å². The third kappa shape index (κ3) is 1.60. The van der Waals surface area contributed by atoms with Gasteiger partial charge < -0.3 is 14.6 Å². The number of oxazole rings is 1. The lowest BCUT2D eigenvalue weighted by Gasteiger charge is -1.95. The van der Waals surface area contributed by atoms with Crippen molar-refractivity contribution >= 4 is 0 Å². The number of rotatable bonds is 2. The molecule has 0 aliphatic carbocycles. The second-order valence-corrected chi connectivity index (χ2v) is 2.84. The Hall–Kier alpha value is -1.81. The molecule has 0 aliphatic rings. The lowest BCUT2D eigenvalue weighted by Crippen LogP contribution is -1.76. The highest BCUT2D eigenvalue weighted by atomic mass is 16.4. The third-order valence-corrected chi connectivity index (χ3v) is 1.82. The molecule has 2 N–H and O–H groups in total. The van der Waals surface area contributed by atoms with Crippen molar-refractivity contribution in [2.45, 2.75) is 6.61 Å². The highest BCUT2D eigenvalue weighted by molar-refractivity contribution is 5.54. The molecule has 14 heavy (non-hydrogen) atoms. The summed E-state index contributed by atoms with van der Waals surface area (Å²) in [4.78, 5) is 3.98. The molecule has 4 nitrogen and oxygen atoms in total. The van der Waals surface area contributed by atoms with Crippen LogP contribution < -0.4 is 0 Å². The van der Waals surface area contributed by atoms with Gasteiger partial charge in [0.15, 0.2) is 0 Å². The molecule has 0 saturated carbocycles. The highest BCUT2D eigenvalue weighted by Gasteiger charge is 2.05. The summed E-state index contributed by atoms with van der Waals surface area (Å²) in [6.45, 7) is -0.162. The van der Waals surface area contributed by atoms with Gasteiger partial charge in [-0.2, -0.15) is 0 Å². The fraction of sp³-hybridized carbons (Fsp3) is 0.100. The Labute approximate surface area is 80.5 Å². The molecule has 2 aromatic rings. The lowest BCUT2D eigenvalue weighted by molar-refractivity contribution is 0.248. The zero-order valence-electron chi connectivity index (χ0n) is 7.34. The number of aromatic nitrogens is 1. The summed E-state index contributed by atoms with van der Waals surface area (Å²) in [5.41, 5.74) is 0.766. The summed E-state index contributed by atoms with van der Waals surface area (Å²) in [7, 11) is 0. The van der Waals surface area contributed by atoms with Gasteiger partial charge in [0.05, 0.1) is 6.20 Å². The summed E-state index contributed by atoms with van der Waals surface area (Å²) in [6, 6.07) is 6.50. The standard InChI is InChI=1S/C10H9NO3/c12-6-9-5-11-10(14-9)7-1-3-8(13)4-2-7/h1-5,12-13H,6H2. The molecule has 1 aromatic heterocycles. The predicted octanol–water partition coefficient (Wildman–Crippen LogP) is 1.54. The van der Waals surface area contributed by atoms with Crippen LogP contribution in [-0.2, 0) is 6.61 Å². The molecule has 0 saturated heterocycles. The van der Waals surface area contributed by atoms with Gasteiger partial charge >= 0.3 is 0 Å². The van der Waals surface area contributed by atoms with E-state index in [1.165, 1.54) is 6.20 Å². The molecular formula is C10H9NO3. The molecule has 0 aliphatic heterocycles. The quantitative estimate of drug-likeness (QED) is 0.755. The van der Waals surface area contributed by atoms with E-state index in [-0.39, 0.29) is 12.4 Å². The molecule has 72 valence electrons. The smallest absolute Gasteiger partial charge is 0.226 e. The first-order valence-electron chi connectivity index (χ1n) is 4.14. The van der Waals surface area contributed by atoms with Gasteiger partial charge in [-0.1, -0.05) is 0 Å². The number of phenolic OH excluding ortho intramolecular Hbond substituents is 1. The van der Waals surface area contributed by atoms with Crippen LogP contribution in [0.2, 0.25) is 0 Å². The third-order valence-electron chi connectivity index (χ3n) is 1.82. The molecular weight excluding hydrogens is 182 g/mol. The summed E-state index contributed by atoms with van der Waals surface area (Å²) in [5, 5.41) is 17.8. The van der Waals surface area contributed by atoms with E-state index >= 15 is 0 Å². The highest BCUT2D eigenvalue weighted by Crippen LogP contribution is 2.21. The van der Waals surface area contributed by atoms with Crippen molar-refractivity contribution in [3.05, 3.63) is 36.2 Å². The van der Waals surface area contributed by atoms with Crippen molar-refractivity contribution in [3.8, 4) is 17.2 Å². The fourth-order valence-electron chi connectivity index (χ4n) is 1.12. The van der Waals surface area contributed by atoms with Gasteiger partial charge in [0.1, 0.15) is 18.1 Å². The van der Waals surface area contributed by atoms with Crippen LogP contribution >= 0.6 is 0 Å². The van der Waals surface area contributed by atoms with Crippen LogP contribution in [-0.4, -0.2) is 15.2 Å². The summed E-state index contributed by atoms with van der Waals surface area (Å²) < 4.78 is 5.22. The average Bonchev–Trinajstić information content (AvgIpc) is 2.67. The van der Waals surface area contributed by atoms with Gasteiger partial charge in [-0.3, -0.25) is 0 Å². The molecule has 0 amide bonds. The minimum atomic E-state index is -0.162. The number of aliphatic hydroxyl groups excluding tert-OH is 1. The zero-order valence-corrected chi connectivity index (χ0v) is 7.34. The molecule has 2 rings (SSSR count). The van der Waals surface area contributed by atoms with E-state index in [4.69, 9.17) is 14.6 Å². The van der Waals surface area contributed by atoms with Crippen LogP contribution in [0, 0.1) is 0 Å². The van der Waals surface area contributed by atoms with Gasteiger partial charge in [-0.25, -0.2) is 4.98 Å². The van der Waals surface area contributed by atoms with Crippen LogP contribution in [0.15, 0.2) is 34.9 Å². The van der Waals surface area contributed by atoms with Crippen LogP contribution in [0.3, 0.4) is 0 Å².